The molecular weight excluding hydrogens is 314 g/mol. The van der Waals surface area contributed by atoms with Crippen molar-refractivity contribution in [3.63, 3.8) is 0 Å². The molecule has 1 aliphatic rings. The number of hydrogen-bond donors (Lipinski definition) is 0. The average Bonchev–Trinajstić information content (AvgIpc) is 2.36. The highest BCUT2D eigenvalue weighted by Crippen LogP contribution is 2.31. The zero-order chi connectivity index (χ0) is 15.8. The molecule has 0 N–H and O–H groups in total. The van der Waals surface area contributed by atoms with E-state index < -0.39 is 15.6 Å². The fraction of sp³-hybridized carbons (Fsp3) is 0.571. The molecule has 0 aromatic heterocycles. The van der Waals surface area contributed by atoms with E-state index >= 15 is 0 Å². The topological polar surface area (TPSA) is 55.8 Å². The standard InChI is InChI=1S/C14H20ClNO4S/c1-10-8-16(9-14(2,3)20-10)21(17,18)11-5-6-13(19-4)12(15)7-11/h5-7,10H,8-9H2,1-4H3. The van der Waals surface area contributed by atoms with Gasteiger partial charge in [-0.15, -0.1) is 0 Å². The van der Waals surface area contributed by atoms with Gasteiger partial charge in [0, 0.05) is 13.1 Å². The van der Waals surface area contributed by atoms with E-state index in [0.717, 1.165) is 0 Å². The maximum absolute atomic E-state index is 12.7. The lowest BCUT2D eigenvalue weighted by molar-refractivity contribution is -0.109. The van der Waals surface area contributed by atoms with Crippen molar-refractivity contribution in [3.8, 4) is 5.75 Å². The van der Waals surface area contributed by atoms with Crippen molar-refractivity contribution in [2.45, 2.75) is 37.4 Å². The second kappa shape index (κ2) is 5.76. The number of sulfonamides is 1. The van der Waals surface area contributed by atoms with Crippen LogP contribution in [-0.2, 0) is 14.8 Å². The number of hydrogen-bond acceptors (Lipinski definition) is 4. The molecule has 0 radical (unpaired) electrons. The van der Waals surface area contributed by atoms with Crippen LogP contribution in [0.4, 0.5) is 0 Å². The fourth-order valence-corrected chi connectivity index (χ4v) is 4.55. The van der Waals surface area contributed by atoms with Gasteiger partial charge in [0.1, 0.15) is 5.75 Å². The third-order valence-corrected chi connectivity index (χ3v) is 5.40. The Morgan fingerprint density at radius 2 is 2.10 bits per heavy atom. The Labute approximate surface area is 130 Å². The number of halogens is 1. The Morgan fingerprint density at radius 1 is 1.43 bits per heavy atom. The molecule has 1 unspecified atom stereocenters. The lowest BCUT2D eigenvalue weighted by Gasteiger charge is -2.40. The van der Waals surface area contributed by atoms with Crippen LogP contribution in [0.2, 0.25) is 5.02 Å². The van der Waals surface area contributed by atoms with E-state index in [9.17, 15) is 8.42 Å². The molecular formula is C14H20ClNO4S. The fourth-order valence-electron chi connectivity index (χ4n) is 2.53. The molecule has 1 aromatic carbocycles. The summed E-state index contributed by atoms with van der Waals surface area (Å²) < 4.78 is 37.7. The van der Waals surface area contributed by atoms with E-state index in [0.29, 0.717) is 18.8 Å². The monoisotopic (exact) mass is 333 g/mol. The van der Waals surface area contributed by atoms with E-state index in [1.165, 1.54) is 23.5 Å². The third-order valence-electron chi connectivity index (χ3n) is 3.30. The molecule has 1 aliphatic heterocycles. The van der Waals surface area contributed by atoms with Gasteiger partial charge < -0.3 is 9.47 Å². The number of methoxy groups -OCH3 is 1. The molecule has 0 saturated carbocycles. The zero-order valence-electron chi connectivity index (χ0n) is 12.6. The molecule has 1 fully saturated rings. The van der Waals surface area contributed by atoms with Crippen molar-refractivity contribution < 1.29 is 17.9 Å². The molecule has 21 heavy (non-hydrogen) atoms. The highest BCUT2D eigenvalue weighted by molar-refractivity contribution is 7.89. The molecule has 0 aliphatic carbocycles. The van der Waals surface area contributed by atoms with Crippen LogP contribution in [0.5, 0.6) is 5.75 Å². The predicted octanol–water partition coefficient (Wildman–Crippen LogP) is 2.54. The Kier molecular flexibility index (Phi) is 4.54. The third kappa shape index (κ3) is 3.51. The zero-order valence-corrected chi connectivity index (χ0v) is 14.2. The van der Waals surface area contributed by atoms with E-state index in [4.69, 9.17) is 21.1 Å². The van der Waals surface area contributed by atoms with E-state index in [1.54, 1.807) is 6.07 Å². The van der Waals surface area contributed by atoms with Gasteiger partial charge in [-0.05, 0) is 39.0 Å². The molecule has 1 aromatic rings. The Hall–Kier alpha value is -0.820. The molecule has 0 bridgehead atoms. The predicted molar refractivity (Wildman–Crippen MR) is 81.4 cm³/mol. The summed E-state index contributed by atoms with van der Waals surface area (Å²) in [6.07, 6.45) is -0.155. The van der Waals surface area contributed by atoms with Gasteiger partial charge in [0.15, 0.2) is 0 Å². The van der Waals surface area contributed by atoms with Crippen LogP contribution in [-0.4, -0.2) is 44.6 Å². The Bertz CT molecular complexity index is 630. The summed E-state index contributed by atoms with van der Waals surface area (Å²) in [4.78, 5) is 0.165. The summed E-state index contributed by atoms with van der Waals surface area (Å²) in [5.41, 5.74) is -0.513. The lowest BCUT2D eigenvalue weighted by atomic mass is 10.1. The molecule has 7 heteroatoms. The second-order valence-corrected chi connectivity index (χ2v) is 8.13. The summed E-state index contributed by atoms with van der Waals surface area (Å²) in [6, 6.07) is 4.49. The van der Waals surface area contributed by atoms with Crippen molar-refractivity contribution in [2.75, 3.05) is 20.2 Å². The molecule has 2 rings (SSSR count). The van der Waals surface area contributed by atoms with Gasteiger partial charge in [-0.1, -0.05) is 11.6 Å². The first kappa shape index (κ1) is 16.5. The number of morpholine rings is 1. The van der Waals surface area contributed by atoms with Crippen LogP contribution in [0.25, 0.3) is 0 Å². The molecule has 0 spiro atoms. The largest absolute Gasteiger partial charge is 0.495 e. The minimum atomic E-state index is -3.60. The van der Waals surface area contributed by atoms with Crippen molar-refractivity contribution in [2.24, 2.45) is 0 Å². The van der Waals surface area contributed by atoms with Crippen molar-refractivity contribution in [3.05, 3.63) is 23.2 Å². The molecule has 1 atom stereocenters. The molecule has 118 valence electrons. The van der Waals surface area contributed by atoms with Gasteiger partial charge in [-0.25, -0.2) is 8.42 Å². The van der Waals surface area contributed by atoms with Gasteiger partial charge in [0.25, 0.3) is 0 Å². The lowest BCUT2D eigenvalue weighted by Crippen LogP contribution is -2.53. The number of benzene rings is 1. The molecule has 0 amide bonds. The number of ether oxygens (including phenoxy) is 2. The highest BCUT2D eigenvalue weighted by atomic mass is 35.5. The summed E-state index contributed by atoms with van der Waals surface area (Å²) in [6.45, 7) is 6.27. The summed E-state index contributed by atoms with van der Waals surface area (Å²) in [5, 5.41) is 0.277. The van der Waals surface area contributed by atoms with Crippen LogP contribution in [0.3, 0.4) is 0 Å². The van der Waals surface area contributed by atoms with E-state index in [1.807, 2.05) is 20.8 Å². The Balaban J connectivity index is 2.35. The van der Waals surface area contributed by atoms with Gasteiger partial charge in [-0.2, -0.15) is 4.31 Å². The van der Waals surface area contributed by atoms with E-state index in [2.05, 4.69) is 0 Å². The van der Waals surface area contributed by atoms with Crippen LogP contribution in [0, 0.1) is 0 Å². The molecule has 1 saturated heterocycles. The first-order chi connectivity index (χ1) is 9.65. The smallest absolute Gasteiger partial charge is 0.243 e. The van der Waals surface area contributed by atoms with Crippen LogP contribution in [0.15, 0.2) is 23.1 Å². The second-order valence-electron chi connectivity index (χ2n) is 5.78. The minimum absolute atomic E-state index is 0.155. The minimum Gasteiger partial charge on any atom is -0.495 e. The van der Waals surface area contributed by atoms with Gasteiger partial charge in [0.2, 0.25) is 10.0 Å². The number of nitrogens with zero attached hydrogens (tertiary/aromatic N) is 1. The normalized spacial score (nSPS) is 23.0. The average molecular weight is 334 g/mol. The maximum atomic E-state index is 12.7. The van der Waals surface area contributed by atoms with Gasteiger partial charge >= 0.3 is 0 Å². The van der Waals surface area contributed by atoms with Crippen LogP contribution >= 0.6 is 11.6 Å². The van der Waals surface area contributed by atoms with Crippen molar-refractivity contribution in [1.29, 1.82) is 0 Å². The first-order valence-electron chi connectivity index (χ1n) is 6.67. The quantitative estimate of drug-likeness (QED) is 0.853. The van der Waals surface area contributed by atoms with Gasteiger partial charge in [-0.3, -0.25) is 0 Å². The molecule has 5 nitrogen and oxygen atoms in total. The highest BCUT2D eigenvalue weighted by Gasteiger charge is 2.38. The summed E-state index contributed by atoms with van der Waals surface area (Å²) >= 11 is 6.03. The van der Waals surface area contributed by atoms with Crippen LogP contribution in [0.1, 0.15) is 20.8 Å². The summed E-state index contributed by atoms with van der Waals surface area (Å²) in [7, 11) is -2.11. The van der Waals surface area contributed by atoms with Crippen molar-refractivity contribution >= 4 is 21.6 Å². The Morgan fingerprint density at radius 3 is 2.62 bits per heavy atom. The first-order valence-corrected chi connectivity index (χ1v) is 8.49. The molecule has 1 heterocycles. The van der Waals surface area contributed by atoms with Gasteiger partial charge in [0.05, 0.1) is 28.7 Å². The number of rotatable bonds is 3. The van der Waals surface area contributed by atoms with Crippen LogP contribution < -0.4 is 4.74 Å². The van der Waals surface area contributed by atoms with Crippen molar-refractivity contribution in [1.82, 2.24) is 4.31 Å². The summed E-state index contributed by atoms with van der Waals surface area (Å²) in [5.74, 6) is 0.450. The van der Waals surface area contributed by atoms with E-state index in [-0.39, 0.29) is 16.0 Å². The SMILES string of the molecule is COc1ccc(S(=O)(=O)N2CC(C)OC(C)(C)C2)cc1Cl. The maximum Gasteiger partial charge on any atom is 0.243 e.